The molecule has 3 heterocycles. The number of benzene rings is 1. The van der Waals surface area contributed by atoms with Crippen LogP contribution in [-0.4, -0.2) is 27.7 Å². The van der Waals surface area contributed by atoms with Gasteiger partial charge in [0.2, 0.25) is 17.5 Å². The molecule has 7 nitrogen and oxygen atoms in total. The van der Waals surface area contributed by atoms with Gasteiger partial charge in [0.25, 0.3) is 5.89 Å². The van der Waals surface area contributed by atoms with Gasteiger partial charge in [0.1, 0.15) is 0 Å². The minimum atomic E-state index is 0.167. The molecule has 1 fully saturated rings. The topological polar surface area (TPSA) is 85.3 Å². The molecule has 7 heteroatoms. The van der Waals surface area contributed by atoms with Gasteiger partial charge < -0.3 is 13.9 Å². The maximum atomic E-state index is 11.8. The summed E-state index contributed by atoms with van der Waals surface area (Å²) in [4.78, 5) is 17.9. The maximum Gasteiger partial charge on any atom is 0.296 e. The van der Waals surface area contributed by atoms with Crippen LogP contribution in [0.15, 0.2) is 39.4 Å². The second-order valence-electron chi connectivity index (χ2n) is 5.45. The van der Waals surface area contributed by atoms with Gasteiger partial charge in [0.05, 0.1) is 5.69 Å². The highest BCUT2D eigenvalue weighted by atomic mass is 16.5. The molecule has 23 heavy (non-hydrogen) atoms. The average molecular weight is 310 g/mol. The highest BCUT2D eigenvalue weighted by molar-refractivity contribution is 5.95. The average Bonchev–Trinajstić information content (AvgIpc) is 3.28. The van der Waals surface area contributed by atoms with Crippen LogP contribution >= 0.6 is 0 Å². The number of rotatable bonds is 3. The van der Waals surface area contributed by atoms with Crippen molar-refractivity contribution >= 4 is 11.6 Å². The van der Waals surface area contributed by atoms with Crippen molar-refractivity contribution in [2.45, 2.75) is 19.8 Å². The number of hydrogen-bond acceptors (Lipinski definition) is 6. The molecule has 1 aliphatic rings. The van der Waals surface area contributed by atoms with Gasteiger partial charge in [-0.1, -0.05) is 10.3 Å². The largest absolute Gasteiger partial charge is 0.351 e. The predicted octanol–water partition coefficient (Wildman–Crippen LogP) is 2.83. The Kier molecular flexibility index (Phi) is 3.18. The molecule has 3 aromatic rings. The first kappa shape index (κ1) is 13.7. The Hall–Kier alpha value is -2.96. The summed E-state index contributed by atoms with van der Waals surface area (Å²) in [6, 6.07) is 9.28. The molecule has 0 bridgehead atoms. The van der Waals surface area contributed by atoms with Gasteiger partial charge in [0, 0.05) is 30.3 Å². The van der Waals surface area contributed by atoms with Crippen LogP contribution in [0.5, 0.6) is 0 Å². The van der Waals surface area contributed by atoms with Crippen LogP contribution in [0.2, 0.25) is 0 Å². The Labute approximate surface area is 131 Å². The summed E-state index contributed by atoms with van der Waals surface area (Å²) in [5.41, 5.74) is 2.46. The van der Waals surface area contributed by atoms with Crippen molar-refractivity contribution in [1.29, 1.82) is 0 Å². The second kappa shape index (κ2) is 5.35. The van der Waals surface area contributed by atoms with Crippen LogP contribution in [0.4, 0.5) is 5.69 Å². The van der Waals surface area contributed by atoms with Crippen molar-refractivity contribution in [3.8, 4) is 23.0 Å². The van der Waals surface area contributed by atoms with Gasteiger partial charge in [-0.2, -0.15) is 4.98 Å². The van der Waals surface area contributed by atoms with E-state index >= 15 is 0 Å². The van der Waals surface area contributed by atoms with Crippen LogP contribution in [0.25, 0.3) is 23.0 Å². The molecule has 0 saturated carbocycles. The SMILES string of the molecule is Cc1cc(-c2nc(-c3ccc(N4CCCC4=O)cc3)no2)on1. The molecule has 2 aromatic heterocycles. The van der Waals surface area contributed by atoms with E-state index in [9.17, 15) is 4.79 Å². The van der Waals surface area contributed by atoms with E-state index in [2.05, 4.69) is 15.3 Å². The van der Waals surface area contributed by atoms with Gasteiger partial charge in [-0.3, -0.25) is 4.79 Å². The molecule has 0 N–H and O–H groups in total. The third-order valence-electron chi connectivity index (χ3n) is 3.78. The fourth-order valence-corrected chi connectivity index (χ4v) is 2.62. The monoisotopic (exact) mass is 310 g/mol. The molecule has 0 radical (unpaired) electrons. The van der Waals surface area contributed by atoms with Crippen LogP contribution in [-0.2, 0) is 4.79 Å². The van der Waals surface area contributed by atoms with Crippen molar-refractivity contribution in [1.82, 2.24) is 15.3 Å². The van der Waals surface area contributed by atoms with Crippen LogP contribution in [0.3, 0.4) is 0 Å². The highest BCUT2D eigenvalue weighted by Crippen LogP contribution is 2.26. The lowest BCUT2D eigenvalue weighted by molar-refractivity contribution is -0.117. The Morgan fingerprint density at radius 1 is 1.13 bits per heavy atom. The Balaban J connectivity index is 1.59. The number of aryl methyl sites for hydroxylation is 1. The fourth-order valence-electron chi connectivity index (χ4n) is 2.62. The van der Waals surface area contributed by atoms with Crippen LogP contribution in [0, 0.1) is 6.92 Å². The summed E-state index contributed by atoms with van der Waals surface area (Å²) in [5.74, 6) is 1.37. The van der Waals surface area contributed by atoms with Gasteiger partial charge >= 0.3 is 0 Å². The number of hydrogen-bond donors (Lipinski definition) is 0. The van der Waals surface area contributed by atoms with E-state index in [1.807, 2.05) is 31.2 Å². The summed E-state index contributed by atoms with van der Waals surface area (Å²) in [7, 11) is 0. The van der Waals surface area contributed by atoms with Gasteiger partial charge in [-0.15, -0.1) is 0 Å². The number of carbonyl (C=O) groups is 1. The van der Waals surface area contributed by atoms with Crippen molar-refractivity contribution in [3.05, 3.63) is 36.0 Å². The summed E-state index contributed by atoms with van der Waals surface area (Å²) < 4.78 is 10.3. The highest BCUT2D eigenvalue weighted by Gasteiger charge is 2.22. The molecule has 0 aliphatic carbocycles. The van der Waals surface area contributed by atoms with Crippen LogP contribution in [0.1, 0.15) is 18.5 Å². The minimum absolute atomic E-state index is 0.167. The van der Waals surface area contributed by atoms with Crippen molar-refractivity contribution in [2.24, 2.45) is 0 Å². The summed E-state index contributed by atoms with van der Waals surface area (Å²) in [5, 5.41) is 7.76. The van der Waals surface area contributed by atoms with E-state index in [0.717, 1.165) is 29.9 Å². The first-order valence-corrected chi connectivity index (χ1v) is 7.39. The molecule has 0 unspecified atom stereocenters. The number of amides is 1. The van der Waals surface area contributed by atoms with Gasteiger partial charge in [-0.05, 0) is 37.6 Å². The number of carbonyl (C=O) groups excluding carboxylic acids is 1. The summed E-state index contributed by atoms with van der Waals surface area (Å²) in [6.07, 6.45) is 1.53. The van der Waals surface area contributed by atoms with Crippen LogP contribution < -0.4 is 4.90 Å². The molecular formula is C16H14N4O3. The third kappa shape index (κ3) is 2.50. The second-order valence-corrected chi connectivity index (χ2v) is 5.45. The molecule has 1 saturated heterocycles. The lowest BCUT2D eigenvalue weighted by atomic mass is 10.2. The standard InChI is InChI=1S/C16H14N4O3/c1-10-9-13(22-18-10)16-17-15(19-23-16)11-4-6-12(7-5-11)20-8-2-3-14(20)21/h4-7,9H,2-3,8H2,1H3. The molecule has 1 amide bonds. The summed E-state index contributed by atoms with van der Waals surface area (Å²) >= 11 is 0. The van der Waals surface area contributed by atoms with Crippen molar-refractivity contribution in [3.63, 3.8) is 0 Å². The normalized spacial score (nSPS) is 14.7. The smallest absolute Gasteiger partial charge is 0.296 e. The predicted molar refractivity (Wildman–Crippen MR) is 81.6 cm³/mol. The lowest BCUT2D eigenvalue weighted by Gasteiger charge is -2.15. The van der Waals surface area contributed by atoms with E-state index in [0.29, 0.717) is 23.9 Å². The fraction of sp³-hybridized carbons (Fsp3) is 0.250. The maximum absolute atomic E-state index is 11.8. The van der Waals surface area contributed by atoms with E-state index in [1.165, 1.54) is 0 Å². The molecular weight excluding hydrogens is 296 g/mol. The lowest BCUT2D eigenvalue weighted by Crippen LogP contribution is -2.23. The van der Waals surface area contributed by atoms with E-state index in [1.54, 1.807) is 11.0 Å². The molecule has 1 aromatic carbocycles. The zero-order valence-electron chi connectivity index (χ0n) is 12.5. The quantitative estimate of drug-likeness (QED) is 0.739. The number of nitrogens with zero attached hydrogens (tertiary/aromatic N) is 4. The van der Waals surface area contributed by atoms with E-state index < -0.39 is 0 Å². The third-order valence-corrected chi connectivity index (χ3v) is 3.78. The Morgan fingerprint density at radius 2 is 1.96 bits per heavy atom. The molecule has 4 rings (SSSR count). The Bertz CT molecular complexity index is 850. The first-order chi connectivity index (χ1) is 11.2. The Morgan fingerprint density at radius 3 is 2.61 bits per heavy atom. The summed E-state index contributed by atoms with van der Waals surface area (Å²) in [6.45, 7) is 2.60. The molecule has 0 atom stereocenters. The molecule has 116 valence electrons. The van der Waals surface area contributed by atoms with Crippen molar-refractivity contribution < 1.29 is 13.8 Å². The minimum Gasteiger partial charge on any atom is -0.351 e. The van der Waals surface area contributed by atoms with Gasteiger partial charge in [-0.25, -0.2) is 0 Å². The molecule has 0 spiro atoms. The van der Waals surface area contributed by atoms with E-state index in [4.69, 9.17) is 9.05 Å². The zero-order chi connectivity index (χ0) is 15.8. The van der Waals surface area contributed by atoms with Crippen molar-refractivity contribution in [2.75, 3.05) is 11.4 Å². The number of anilines is 1. The molecule has 1 aliphatic heterocycles. The first-order valence-electron chi connectivity index (χ1n) is 7.39. The zero-order valence-corrected chi connectivity index (χ0v) is 12.5. The van der Waals surface area contributed by atoms with E-state index in [-0.39, 0.29) is 5.91 Å². The number of aromatic nitrogens is 3. The van der Waals surface area contributed by atoms with Gasteiger partial charge in [0.15, 0.2) is 0 Å².